The standard InChI is InChI=1S/C22H23Cl2N5OS/c1-14-4-3-5-15(2)28(14)20(30)13-31-22-27-26-21(16-8-10-25-11-9-16)29(22)17-6-7-18(23)19(24)12-17/h6-12,14-15H,3-5,13H2,1-2H3/t14-,15-/m1/s1. The van der Waals surface area contributed by atoms with Crippen LogP contribution in [0, 0.1) is 0 Å². The highest BCUT2D eigenvalue weighted by atomic mass is 35.5. The van der Waals surface area contributed by atoms with E-state index in [1.54, 1.807) is 24.5 Å². The SMILES string of the molecule is C[C@@H]1CCC[C@@H](C)N1C(=O)CSc1nnc(-c2ccncc2)n1-c1ccc(Cl)c(Cl)c1. The second-order valence-electron chi connectivity index (χ2n) is 7.69. The highest BCUT2D eigenvalue weighted by molar-refractivity contribution is 7.99. The summed E-state index contributed by atoms with van der Waals surface area (Å²) in [7, 11) is 0. The van der Waals surface area contributed by atoms with Gasteiger partial charge in [-0.25, -0.2) is 0 Å². The van der Waals surface area contributed by atoms with Crippen molar-refractivity contribution in [3.05, 3.63) is 52.8 Å². The van der Waals surface area contributed by atoms with Crippen molar-refractivity contribution in [2.24, 2.45) is 0 Å². The van der Waals surface area contributed by atoms with Crippen LogP contribution in [-0.2, 0) is 4.79 Å². The molecule has 0 bridgehead atoms. The van der Waals surface area contributed by atoms with Gasteiger partial charge >= 0.3 is 0 Å². The van der Waals surface area contributed by atoms with Crippen molar-refractivity contribution in [2.45, 2.75) is 50.4 Å². The van der Waals surface area contributed by atoms with Crippen molar-refractivity contribution in [1.29, 1.82) is 0 Å². The second-order valence-corrected chi connectivity index (χ2v) is 9.45. The van der Waals surface area contributed by atoms with E-state index >= 15 is 0 Å². The Labute approximate surface area is 196 Å². The number of piperidine rings is 1. The highest BCUT2D eigenvalue weighted by Crippen LogP contribution is 2.32. The lowest BCUT2D eigenvalue weighted by Gasteiger charge is -2.39. The molecule has 0 spiro atoms. The van der Waals surface area contributed by atoms with Gasteiger partial charge in [-0.05, 0) is 63.4 Å². The summed E-state index contributed by atoms with van der Waals surface area (Å²) in [6.07, 6.45) is 6.68. The van der Waals surface area contributed by atoms with E-state index in [1.165, 1.54) is 18.2 Å². The molecule has 1 aromatic carbocycles. The molecule has 1 saturated heterocycles. The molecular weight excluding hydrogens is 453 g/mol. The Kier molecular flexibility index (Phi) is 6.84. The monoisotopic (exact) mass is 475 g/mol. The number of pyridine rings is 1. The van der Waals surface area contributed by atoms with E-state index in [9.17, 15) is 4.79 Å². The number of aromatic nitrogens is 4. The van der Waals surface area contributed by atoms with Crippen molar-refractivity contribution < 1.29 is 4.79 Å². The third kappa shape index (κ3) is 4.73. The summed E-state index contributed by atoms with van der Waals surface area (Å²) in [4.78, 5) is 19.1. The summed E-state index contributed by atoms with van der Waals surface area (Å²) in [5.74, 6) is 1.07. The third-order valence-corrected chi connectivity index (χ3v) is 7.19. The minimum absolute atomic E-state index is 0.124. The molecule has 4 rings (SSSR count). The molecule has 3 heterocycles. The summed E-state index contributed by atoms with van der Waals surface area (Å²) in [5.41, 5.74) is 1.64. The molecule has 1 amide bonds. The van der Waals surface area contributed by atoms with Gasteiger partial charge in [-0.2, -0.15) is 0 Å². The Bertz CT molecular complexity index is 1070. The lowest BCUT2D eigenvalue weighted by molar-refractivity contribution is -0.134. The van der Waals surface area contributed by atoms with E-state index in [-0.39, 0.29) is 18.0 Å². The summed E-state index contributed by atoms with van der Waals surface area (Å²) in [6.45, 7) is 4.25. The topological polar surface area (TPSA) is 63.9 Å². The molecule has 6 nitrogen and oxygen atoms in total. The first-order chi connectivity index (χ1) is 15.0. The zero-order chi connectivity index (χ0) is 22.0. The zero-order valence-electron chi connectivity index (χ0n) is 17.3. The summed E-state index contributed by atoms with van der Waals surface area (Å²) in [6, 6.07) is 9.64. The average Bonchev–Trinajstić information content (AvgIpc) is 3.18. The summed E-state index contributed by atoms with van der Waals surface area (Å²) in [5, 5.41) is 10.3. The fourth-order valence-electron chi connectivity index (χ4n) is 4.02. The number of hydrogen-bond acceptors (Lipinski definition) is 5. The van der Waals surface area contributed by atoms with Gasteiger partial charge in [-0.15, -0.1) is 10.2 Å². The fourth-order valence-corrected chi connectivity index (χ4v) is 5.14. The lowest BCUT2D eigenvalue weighted by atomic mass is 9.98. The van der Waals surface area contributed by atoms with Crippen molar-refractivity contribution in [1.82, 2.24) is 24.6 Å². The Balaban J connectivity index is 1.65. The number of nitrogens with zero attached hydrogens (tertiary/aromatic N) is 5. The Hall–Kier alpha value is -2.09. The number of amides is 1. The van der Waals surface area contributed by atoms with Crippen LogP contribution in [-0.4, -0.2) is 48.4 Å². The molecule has 0 aliphatic carbocycles. The molecule has 0 radical (unpaired) electrons. The van der Waals surface area contributed by atoms with Crippen molar-refractivity contribution in [2.75, 3.05) is 5.75 Å². The molecule has 31 heavy (non-hydrogen) atoms. The second kappa shape index (κ2) is 9.59. The molecule has 162 valence electrons. The number of carbonyl (C=O) groups excluding carboxylic acids is 1. The van der Waals surface area contributed by atoms with E-state index in [2.05, 4.69) is 29.0 Å². The van der Waals surface area contributed by atoms with E-state index in [1.807, 2.05) is 27.7 Å². The van der Waals surface area contributed by atoms with E-state index in [0.29, 0.717) is 26.8 Å². The van der Waals surface area contributed by atoms with Gasteiger partial charge in [0.05, 0.1) is 21.5 Å². The van der Waals surface area contributed by atoms with Crippen LogP contribution in [0.5, 0.6) is 0 Å². The minimum Gasteiger partial charge on any atom is -0.337 e. The Morgan fingerprint density at radius 1 is 1.06 bits per heavy atom. The van der Waals surface area contributed by atoms with Crippen molar-refractivity contribution >= 4 is 40.9 Å². The van der Waals surface area contributed by atoms with Crippen molar-refractivity contribution in [3.8, 4) is 17.1 Å². The number of halogens is 2. The van der Waals surface area contributed by atoms with Crippen LogP contribution >= 0.6 is 35.0 Å². The molecular formula is C22H23Cl2N5OS. The number of carbonyl (C=O) groups is 1. The van der Waals surface area contributed by atoms with E-state index in [4.69, 9.17) is 23.2 Å². The van der Waals surface area contributed by atoms with Gasteiger partial charge in [0, 0.05) is 30.0 Å². The third-order valence-electron chi connectivity index (χ3n) is 5.54. The molecule has 3 aromatic rings. The molecule has 1 fully saturated rings. The molecule has 0 saturated carbocycles. The maximum atomic E-state index is 13.0. The molecule has 2 aromatic heterocycles. The molecule has 1 aliphatic rings. The first kappa shape index (κ1) is 22.1. The largest absolute Gasteiger partial charge is 0.337 e. The van der Waals surface area contributed by atoms with Crippen LogP contribution < -0.4 is 0 Å². The van der Waals surface area contributed by atoms with Crippen LogP contribution in [0.15, 0.2) is 47.9 Å². The molecule has 1 aliphatic heterocycles. The number of benzene rings is 1. The predicted molar refractivity (Wildman–Crippen MR) is 125 cm³/mol. The van der Waals surface area contributed by atoms with Gasteiger partial charge in [0.2, 0.25) is 5.91 Å². The fraction of sp³-hybridized carbons (Fsp3) is 0.364. The van der Waals surface area contributed by atoms with E-state index in [0.717, 1.165) is 24.1 Å². The Morgan fingerprint density at radius 2 is 1.77 bits per heavy atom. The normalized spacial score (nSPS) is 18.9. The molecule has 2 atom stereocenters. The van der Waals surface area contributed by atoms with Gasteiger partial charge in [-0.3, -0.25) is 14.3 Å². The first-order valence-corrected chi connectivity index (χ1v) is 11.9. The van der Waals surface area contributed by atoms with Gasteiger partial charge in [-0.1, -0.05) is 35.0 Å². The average molecular weight is 476 g/mol. The molecule has 0 unspecified atom stereocenters. The maximum absolute atomic E-state index is 13.0. The van der Waals surface area contributed by atoms with Crippen molar-refractivity contribution in [3.63, 3.8) is 0 Å². The lowest BCUT2D eigenvalue weighted by Crippen LogP contribution is -2.48. The number of thioether (sulfide) groups is 1. The minimum atomic E-state index is 0.124. The van der Waals surface area contributed by atoms with E-state index < -0.39 is 0 Å². The highest BCUT2D eigenvalue weighted by Gasteiger charge is 2.29. The molecule has 9 heteroatoms. The van der Waals surface area contributed by atoms with Crippen LogP contribution in [0.1, 0.15) is 33.1 Å². The number of hydrogen-bond donors (Lipinski definition) is 0. The van der Waals surface area contributed by atoms with Gasteiger partial charge < -0.3 is 4.90 Å². The number of rotatable bonds is 5. The summed E-state index contributed by atoms with van der Waals surface area (Å²) < 4.78 is 1.90. The van der Waals surface area contributed by atoms with Gasteiger partial charge in [0.15, 0.2) is 11.0 Å². The van der Waals surface area contributed by atoms with Gasteiger partial charge in [0.25, 0.3) is 0 Å². The van der Waals surface area contributed by atoms with Crippen LogP contribution in [0.4, 0.5) is 0 Å². The quantitative estimate of drug-likeness (QED) is 0.454. The van der Waals surface area contributed by atoms with Crippen LogP contribution in [0.3, 0.4) is 0 Å². The maximum Gasteiger partial charge on any atom is 0.233 e. The van der Waals surface area contributed by atoms with Gasteiger partial charge in [0.1, 0.15) is 0 Å². The van der Waals surface area contributed by atoms with Crippen LogP contribution in [0.2, 0.25) is 10.0 Å². The predicted octanol–water partition coefficient (Wildman–Crippen LogP) is 5.52. The smallest absolute Gasteiger partial charge is 0.233 e. The zero-order valence-corrected chi connectivity index (χ0v) is 19.7. The van der Waals surface area contributed by atoms with Crippen LogP contribution in [0.25, 0.3) is 17.1 Å². The molecule has 0 N–H and O–H groups in total. The first-order valence-electron chi connectivity index (χ1n) is 10.2. The summed E-state index contributed by atoms with van der Waals surface area (Å²) >= 11 is 13.8. The number of likely N-dealkylation sites (tertiary alicyclic amines) is 1. The Morgan fingerprint density at radius 3 is 2.45 bits per heavy atom.